The van der Waals surface area contributed by atoms with Crippen LogP contribution in [0.5, 0.6) is 0 Å². The highest BCUT2D eigenvalue weighted by atomic mass is 16.3. The van der Waals surface area contributed by atoms with E-state index in [9.17, 15) is 10.4 Å². The first-order valence-electron chi connectivity index (χ1n) is 6.96. The number of nitrogens with one attached hydrogen (secondary N) is 1. The highest BCUT2D eigenvalue weighted by molar-refractivity contribution is 5.82. The van der Waals surface area contributed by atoms with Crippen LogP contribution in [0.4, 0.5) is 5.82 Å². The molecule has 20 heavy (non-hydrogen) atoms. The number of benzene rings is 1. The molecule has 4 nitrogen and oxygen atoms in total. The maximum absolute atomic E-state index is 10.4. The minimum atomic E-state index is -0.653. The van der Waals surface area contributed by atoms with E-state index in [2.05, 4.69) is 16.4 Å². The van der Waals surface area contributed by atoms with Crippen LogP contribution in [0.1, 0.15) is 31.2 Å². The number of para-hydroxylation sites is 1. The van der Waals surface area contributed by atoms with E-state index in [4.69, 9.17) is 0 Å². The summed E-state index contributed by atoms with van der Waals surface area (Å²) < 4.78 is 0. The lowest BCUT2D eigenvalue weighted by Gasteiger charge is -2.23. The van der Waals surface area contributed by atoms with Crippen molar-refractivity contribution in [3.63, 3.8) is 0 Å². The molecule has 0 amide bonds. The van der Waals surface area contributed by atoms with Gasteiger partial charge in [0.15, 0.2) is 0 Å². The first-order valence-corrected chi connectivity index (χ1v) is 6.96. The molecule has 1 aliphatic carbocycles. The van der Waals surface area contributed by atoms with Gasteiger partial charge in [0, 0.05) is 11.9 Å². The van der Waals surface area contributed by atoms with Gasteiger partial charge in [0.25, 0.3) is 0 Å². The van der Waals surface area contributed by atoms with E-state index in [-0.39, 0.29) is 0 Å². The van der Waals surface area contributed by atoms with E-state index in [0.29, 0.717) is 17.9 Å². The van der Waals surface area contributed by atoms with Crippen LogP contribution in [0.25, 0.3) is 10.9 Å². The van der Waals surface area contributed by atoms with E-state index in [0.717, 1.165) is 36.6 Å². The van der Waals surface area contributed by atoms with Crippen LogP contribution in [0, 0.1) is 11.3 Å². The largest absolute Gasteiger partial charge is 0.388 e. The van der Waals surface area contributed by atoms with Gasteiger partial charge >= 0.3 is 0 Å². The van der Waals surface area contributed by atoms with Gasteiger partial charge in [-0.15, -0.1) is 0 Å². The monoisotopic (exact) mass is 267 g/mol. The second kappa shape index (κ2) is 5.10. The molecule has 0 aliphatic heterocycles. The maximum Gasteiger partial charge on any atom is 0.144 e. The SMILES string of the molecule is N#Cc1cc2ccccc2nc1NCC1(O)CCCC1. The standard InChI is InChI=1S/C16H17N3O/c17-10-13-9-12-5-1-2-6-14(12)19-15(13)18-11-16(20)7-3-4-8-16/h1-2,5-6,9,20H,3-4,7-8,11H2,(H,18,19). The Bertz CT molecular complexity index is 669. The molecule has 1 saturated carbocycles. The van der Waals surface area contributed by atoms with Crippen LogP contribution in [0.2, 0.25) is 0 Å². The zero-order valence-corrected chi connectivity index (χ0v) is 11.3. The molecule has 0 saturated heterocycles. The van der Waals surface area contributed by atoms with Crippen molar-refractivity contribution in [3.8, 4) is 6.07 Å². The Balaban J connectivity index is 1.88. The summed E-state index contributed by atoms with van der Waals surface area (Å²) in [6, 6.07) is 11.7. The third kappa shape index (κ3) is 2.45. The molecule has 4 heteroatoms. The zero-order chi connectivity index (χ0) is 14.0. The van der Waals surface area contributed by atoms with Crippen molar-refractivity contribution in [2.45, 2.75) is 31.3 Å². The van der Waals surface area contributed by atoms with Crippen LogP contribution in [0.3, 0.4) is 0 Å². The summed E-state index contributed by atoms with van der Waals surface area (Å²) in [5.41, 5.74) is 0.720. The Morgan fingerprint density at radius 2 is 2.05 bits per heavy atom. The number of hydrogen-bond donors (Lipinski definition) is 2. The van der Waals surface area contributed by atoms with Gasteiger partial charge in [-0.3, -0.25) is 0 Å². The van der Waals surface area contributed by atoms with E-state index < -0.39 is 5.60 Å². The Labute approximate surface area is 118 Å². The summed E-state index contributed by atoms with van der Waals surface area (Å²) in [7, 11) is 0. The molecule has 1 aliphatic rings. The molecule has 2 aromatic rings. The van der Waals surface area contributed by atoms with Gasteiger partial charge in [-0.1, -0.05) is 31.0 Å². The second-order valence-corrected chi connectivity index (χ2v) is 5.47. The molecule has 0 atom stereocenters. The number of aromatic nitrogens is 1. The predicted octanol–water partition coefficient (Wildman–Crippen LogP) is 2.82. The molecule has 0 spiro atoms. The molecule has 2 N–H and O–H groups in total. The normalized spacial score (nSPS) is 17.0. The van der Waals surface area contributed by atoms with Gasteiger partial charge < -0.3 is 10.4 Å². The number of pyridine rings is 1. The molecular weight excluding hydrogens is 250 g/mol. The molecule has 102 valence electrons. The average Bonchev–Trinajstić information content (AvgIpc) is 2.91. The summed E-state index contributed by atoms with van der Waals surface area (Å²) in [5.74, 6) is 0.562. The minimum absolute atomic E-state index is 0.451. The van der Waals surface area contributed by atoms with E-state index in [1.165, 1.54) is 0 Å². The number of nitrogens with zero attached hydrogens (tertiary/aromatic N) is 2. The fourth-order valence-corrected chi connectivity index (χ4v) is 2.79. The topological polar surface area (TPSA) is 68.9 Å². The van der Waals surface area contributed by atoms with E-state index in [1.54, 1.807) is 0 Å². The van der Waals surface area contributed by atoms with Crippen LogP contribution >= 0.6 is 0 Å². The van der Waals surface area contributed by atoms with Gasteiger partial charge in [0.05, 0.1) is 16.7 Å². The molecule has 1 fully saturated rings. The third-order valence-electron chi connectivity index (χ3n) is 3.96. The van der Waals surface area contributed by atoms with E-state index in [1.807, 2.05) is 30.3 Å². The number of hydrogen-bond acceptors (Lipinski definition) is 4. The predicted molar refractivity (Wildman–Crippen MR) is 78.4 cm³/mol. The zero-order valence-electron chi connectivity index (χ0n) is 11.3. The molecule has 1 aromatic carbocycles. The lowest BCUT2D eigenvalue weighted by atomic mass is 10.0. The summed E-state index contributed by atoms with van der Waals surface area (Å²) in [4.78, 5) is 4.49. The van der Waals surface area contributed by atoms with Crippen molar-refractivity contribution >= 4 is 16.7 Å². The molecule has 0 radical (unpaired) electrons. The Morgan fingerprint density at radius 3 is 2.80 bits per heavy atom. The van der Waals surface area contributed by atoms with Crippen LogP contribution < -0.4 is 5.32 Å². The number of anilines is 1. The minimum Gasteiger partial charge on any atom is -0.388 e. The molecule has 0 unspecified atom stereocenters. The smallest absolute Gasteiger partial charge is 0.144 e. The summed E-state index contributed by atoms with van der Waals surface area (Å²) in [6.45, 7) is 0.451. The first kappa shape index (κ1) is 12.9. The number of rotatable bonds is 3. The third-order valence-corrected chi connectivity index (χ3v) is 3.96. The fraction of sp³-hybridized carbons (Fsp3) is 0.375. The van der Waals surface area contributed by atoms with Gasteiger partial charge in [-0.05, 0) is 25.0 Å². The number of fused-ring (bicyclic) bond motifs is 1. The lowest BCUT2D eigenvalue weighted by Crippen LogP contribution is -2.33. The summed E-state index contributed by atoms with van der Waals surface area (Å²) >= 11 is 0. The quantitative estimate of drug-likeness (QED) is 0.897. The van der Waals surface area contributed by atoms with Crippen molar-refractivity contribution in [1.82, 2.24) is 4.98 Å². The second-order valence-electron chi connectivity index (χ2n) is 5.47. The van der Waals surface area contributed by atoms with Gasteiger partial charge in [-0.25, -0.2) is 4.98 Å². The highest BCUT2D eigenvalue weighted by Crippen LogP contribution is 2.30. The Kier molecular flexibility index (Phi) is 3.29. The van der Waals surface area contributed by atoms with Crippen molar-refractivity contribution < 1.29 is 5.11 Å². The fourth-order valence-electron chi connectivity index (χ4n) is 2.79. The highest BCUT2D eigenvalue weighted by Gasteiger charge is 2.31. The molecular formula is C16H17N3O. The Morgan fingerprint density at radius 1 is 1.30 bits per heavy atom. The van der Waals surface area contributed by atoms with Gasteiger partial charge in [-0.2, -0.15) is 5.26 Å². The Hall–Kier alpha value is -2.12. The van der Waals surface area contributed by atoms with Gasteiger partial charge in [0.2, 0.25) is 0 Å². The number of aliphatic hydroxyl groups is 1. The molecule has 1 aromatic heterocycles. The van der Waals surface area contributed by atoms with Crippen molar-refractivity contribution in [2.24, 2.45) is 0 Å². The van der Waals surface area contributed by atoms with Gasteiger partial charge in [0.1, 0.15) is 11.9 Å². The van der Waals surface area contributed by atoms with E-state index >= 15 is 0 Å². The summed E-state index contributed by atoms with van der Waals surface area (Å²) in [6.07, 6.45) is 3.76. The van der Waals surface area contributed by atoms with Crippen molar-refractivity contribution in [2.75, 3.05) is 11.9 Å². The maximum atomic E-state index is 10.4. The summed E-state index contributed by atoms with van der Waals surface area (Å²) in [5, 5.41) is 23.7. The van der Waals surface area contributed by atoms with Crippen molar-refractivity contribution in [3.05, 3.63) is 35.9 Å². The first-order chi connectivity index (χ1) is 9.70. The number of nitriles is 1. The van der Waals surface area contributed by atoms with Crippen LogP contribution in [-0.2, 0) is 0 Å². The van der Waals surface area contributed by atoms with Crippen molar-refractivity contribution in [1.29, 1.82) is 5.26 Å². The average molecular weight is 267 g/mol. The molecule has 1 heterocycles. The van der Waals surface area contributed by atoms with Crippen LogP contribution in [-0.4, -0.2) is 22.2 Å². The lowest BCUT2D eigenvalue weighted by molar-refractivity contribution is 0.0614. The molecule has 3 rings (SSSR count). The molecule has 0 bridgehead atoms. The van der Waals surface area contributed by atoms with Crippen LogP contribution in [0.15, 0.2) is 30.3 Å².